The van der Waals surface area contributed by atoms with Crippen LogP contribution in [0.2, 0.25) is 0 Å². The van der Waals surface area contributed by atoms with Crippen LogP contribution in [0.25, 0.3) is 0 Å². The molecule has 0 aliphatic carbocycles. The summed E-state index contributed by atoms with van der Waals surface area (Å²) in [5, 5.41) is 3.19. The van der Waals surface area contributed by atoms with Crippen LogP contribution in [0.1, 0.15) is 30.0 Å². The Balaban J connectivity index is 2.26. The van der Waals surface area contributed by atoms with Crippen molar-refractivity contribution in [3.63, 3.8) is 0 Å². The van der Waals surface area contributed by atoms with E-state index in [0.29, 0.717) is 0 Å². The van der Waals surface area contributed by atoms with E-state index in [0.717, 1.165) is 32.0 Å². The molecular weight excluding hydrogens is 241 g/mol. The van der Waals surface area contributed by atoms with Gasteiger partial charge in [0, 0.05) is 6.04 Å². The van der Waals surface area contributed by atoms with E-state index in [9.17, 15) is 13.2 Å². The average molecular weight is 258 g/mol. The summed E-state index contributed by atoms with van der Waals surface area (Å²) >= 11 is 0. The van der Waals surface area contributed by atoms with Crippen molar-refractivity contribution in [3.8, 4) is 0 Å². The Morgan fingerprint density at radius 2 is 1.78 bits per heavy atom. The minimum atomic E-state index is -4.33. The number of alkyl halides is 3. The second kappa shape index (κ2) is 5.28. The van der Waals surface area contributed by atoms with Crippen LogP contribution in [-0.2, 0) is 6.18 Å². The van der Waals surface area contributed by atoms with Gasteiger partial charge in [-0.05, 0) is 43.5 Å². The lowest BCUT2D eigenvalue weighted by Gasteiger charge is -2.29. The molecule has 0 aromatic heterocycles. The van der Waals surface area contributed by atoms with Gasteiger partial charge in [-0.2, -0.15) is 13.2 Å². The minimum absolute atomic E-state index is 0.120. The van der Waals surface area contributed by atoms with Crippen LogP contribution in [0, 0.1) is 5.92 Å². The summed E-state index contributed by atoms with van der Waals surface area (Å²) in [6, 6.07) is 5.09. The van der Waals surface area contributed by atoms with E-state index in [2.05, 4.69) is 5.32 Å². The Hall–Kier alpha value is -1.07. The van der Waals surface area contributed by atoms with E-state index in [1.807, 2.05) is 0 Å². The number of rotatable bonds is 2. The highest BCUT2D eigenvalue weighted by molar-refractivity contribution is 5.32. The highest BCUT2D eigenvalue weighted by atomic mass is 19.4. The maximum atomic E-state index is 12.9. The summed E-state index contributed by atoms with van der Waals surface area (Å²) in [6.45, 7) is 1.65. The first-order valence-electron chi connectivity index (χ1n) is 6.12. The molecule has 5 heteroatoms. The second-order valence-electron chi connectivity index (χ2n) is 4.70. The Morgan fingerprint density at radius 3 is 2.39 bits per heavy atom. The predicted octanol–water partition coefficient (Wildman–Crippen LogP) is 2.70. The van der Waals surface area contributed by atoms with Crippen LogP contribution < -0.4 is 11.1 Å². The molecule has 1 heterocycles. The molecule has 1 aliphatic rings. The summed E-state index contributed by atoms with van der Waals surface area (Å²) in [5.74, 6) is 0.120. The molecule has 0 saturated carbocycles. The second-order valence-corrected chi connectivity index (χ2v) is 4.70. The molecule has 2 rings (SSSR count). The van der Waals surface area contributed by atoms with E-state index < -0.39 is 17.8 Å². The number of benzene rings is 1. The average Bonchev–Trinajstić information content (AvgIpc) is 2.38. The molecule has 1 saturated heterocycles. The van der Waals surface area contributed by atoms with Gasteiger partial charge in [-0.15, -0.1) is 0 Å². The van der Waals surface area contributed by atoms with Crippen LogP contribution in [0.4, 0.5) is 13.2 Å². The Labute approximate surface area is 104 Å². The van der Waals surface area contributed by atoms with Crippen molar-refractivity contribution < 1.29 is 13.2 Å². The Kier molecular flexibility index (Phi) is 3.92. The lowest BCUT2D eigenvalue weighted by Crippen LogP contribution is -2.34. The molecule has 1 atom stereocenters. The molecule has 0 radical (unpaired) electrons. The Morgan fingerprint density at radius 1 is 1.17 bits per heavy atom. The summed E-state index contributed by atoms with van der Waals surface area (Å²) in [7, 11) is 0. The van der Waals surface area contributed by atoms with Crippen molar-refractivity contribution in [3.05, 3.63) is 35.4 Å². The van der Waals surface area contributed by atoms with Crippen molar-refractivity contribution in [1.29, 1.82) is 0 Å². The zero-order chi connectivity index (χ0) is 13.2. The molecule has 3 N–H and O–H groups in total. The smallest absolute Gasteiger partial charge is 0.324 e. The number of halogens is 3. The van der Waals surface area contributed by atoms with Gasteiger partial charge in [-0.25, -0.2) is 0 Å². The summed E-state index contributed by atoms with van der Waals surface area (Å²) in [5.41, 5.74) is 5.66. The largest absolute Gasteiger partial charge is 0.416 e. The van der Waals surface area contributed by atoms with Gasteiger partial charge in [0.25, 0.3) is 0 Å². The zero-order valence-corrected chi connectivity index (χ0v) is 10.0. The number of nitrogens with two attached hydrogens (primary N) is 1. The zero-order valence-electron chi connectivity index (χ0n) is 10.0. The first-order valence-corrected chi connectivity index (χ1v) is 6.12. The summed E-state index contributed by atoms with van der Waals surface area (Å²) in [6.07, 6.45) is -2.68. The third-order valence-electron chi connectivity index (χ3n) is 3.52. The summed E-state index contributed by atoms with van der Waals surface area (Å²) in [4.78, 5) is 0. The number of nitrogens with one attached hydrogen (secondary N) is 1. The van der Waals surface area contributed by atoms with Crippen molar-refractivity contribution in [2.45, 2.75) is 25.1 Å². The van der Waals surface area contributed by atoms with Gasteiger partial charge in [-0.1, -0.05) is 18.2 Å². The van der Waals surface area contributed by atoms with Crippen LogP contribution in [0.3, 0.4) is 0 Å². The van der Waals surface area contributed by atoms with Gasteiger partial charge in [0.15, 0.2) is 0 Å². The fraction of sp³-hybridized carbons (Fsp3) is 0.538. The minimum Gasteiger partial charge on any atom is -0.324 e. The van der Waals surface area contributed by atoms with E-state index in [4.69, 9.17) is 5.73 Å². The van der Waals surface area contributed by atoms with Crippen LogP contribution in [0.15, 0.2) is 24.3 Å². The standard InChI is InChI=1S/C13H17F3N2/c14-13(15,16)11-4-2-1-3-10(11)12(17)9-5-7-18-8-6-9/h1-4,9,12,18H,5-8,17H2/t12-/m1/s1. The Bertz CT molecular complexity index is 397. The van der Waals surface area contributed by atoms with E-state index >= 15 is 0 Å². The van der Waals surface area contributed by atoms with Gasteiger partial charge in [0.1, 0.15) is 0 Å². The molecule has 1 fully saturated rings. The summed E-state index contributed by atoms with van der Waals surface area (Å²) < 4.78 is 38.7. The van der Waals surface area contributed by atoms with E-state index in [1.54, 1.807) is 6.07 Å². The quantitative estimate of drug-likeness (QED) is 0.856. The topological polar surface area (TPSA) is 38.0 Å². The monoisotopic (exact) mass is 258 g/mol. The van der Waals surface area contributed by atoms with Gasteiger partial charge < -0.3 is 11.1 Å². The van der Waals surface area contributed by atoms with Crippen molar-refractivity contribution in [2.75, 3.05) is 13.1 Å². The molecule has 0 spiro atoms. The van der Waals surface area contributed by atoms with Gasteiger partial charge in [0.05, 0.1) is 5.56 Å². The molecular formula is C13H17F3N2. The first kappa shape index (κ1) is 13.4. The molecule has 0 amide bonds. The molecule has 100 valence electrons. The molecule has 18 heavy (non-hydrogen) atoms. The van der Waals surface area contributed by atoms with Crippen LogP contribution in [-0.4, -0.2) is 13.1 Å². The highest BCUT2D eigenvalue weighted by Gasteiger charge is 2.35. The van der Waals surface area contributed by atoms with Gasteiger partial charge in [0.2, 0.25) is 0 Å². The van der Waals surface area contributed by atoms with Crippen LogP contribution in [0.5, 0.6) is 0 Å². The molecule has 0 bridgehead atoms. The van der Waals surface area contributed by atoms with Gasteiger partial charge >= 0.3 is 6.18 Å². The fourth-order valence-electron chi connectivity index (χ4n) is 2.50. The molecule has 0 unspecified atom stereocenters. The number of hydrogen-bond acceptors (Lipinski definition) is 2. The number of piperidine rings is 1. The molecule has 1 aromatic rings. The SMILES string of the molecule is N[C@@H](c1ccccc1C(F)(F)F)C1CCNCC1. The molecule has 2 nitrogen and oxygen atoms in total. The molecule has 1 aromatic carbocycles. The van der Waals surface area contributed by atoms with Crippen molar-refractivity contribution in [2.24, 2.45) is 11.7 Å². The third kappa shape index (κ3) is 2.84. The third-order valence-corrected chi connectivity index (χ3v) is 3.52. The van der Waals surface area contributed by atoms with Gasteiger partial charge in [-0.3, -0.25) is 0 Å². The lowest BCUT2D eigenvalue weighted by atomic mass is 9.84. The van der Waals surface area contributed by atoms with Crippen molar-refractivity contribution in [1.82, 2.24) is 5.32 Å². The fourth-order valence-corrected chi connectivity index (χ4v) is 2.50. The lowest BCUT2D eigenvalue weighted by molar-refractivity contribution is -0.138. The number of hydrogen-bond donors (Lipinski definition) is 2. The van der Waals surface area contributed by atoms with Crippen LogP contribution >= 0.6 is 0 Å². The van der Waals surface area contributed by atoms with E-state index in [-0.39, 0.29) is 11.5 Å². The van der Waals surface area contributed by atoms with E-state index in [1.165, 1.54) is 12.1 Å². The van der Waals surface area contributed by atoms with Crippen molar-refractivity contribution >= 4 is 0 Å². The molecule has 1 aliphatic heterocycles. The highest BCUT2D eigenvalue weighted by Crippen LogP contribution is 2.37. The maximum absolute atomic E-state index is 12.9. The normalized spacial score (nSPS) is 19.8. The first-order chi connectivity index (χ1) is 8.50. The maximum Gasteiger partial charge on any atom is 0.416 e. The predicted molar refractivity (Wildman–Crippen MR) is 64.0 cm³/mol.